The maximum absolute atomic E-state index is 12.5. The Kier molecular flexibility index (Phi) is 4.19. The van der Waals surface area contributed by atoms with Crippen LogP contribution in [0.3, 0.4) is 0 Å². The maximum atomic E-state index is 12.5. The Labute approximate surface area is 121 Å². The fourth-order valence-corrected chi connectivity index (χ4v) is 2.66. The molecule has 1 heterocycles. The van der Waals surface area contributed by atoms with Crippen LogP contribution in [0, 0.1) is 5.41 Å². The molecule has 1 aromatic heterocycles. The summed E-state index contributed by atoms with van der Waals surface area (Å²) in [5, 5.41) is 3.17. The molecule has 0 bridgehead atoms. The van der Waals surface area contributed by atoms with Gasteiger partial charge in [0.2, 0.25) is 0 Å². The number of halogens is 4. The molecule has 2 rings (SSSR count). The highest BCUT2D eigenvalue weighted by molar-refractivity contribution is 6.33. The molecule has 20 heavy (non-hydrogen) atoms. The largest absolute Gasteiger partial charge is 0.417 e. The van der Waals surface area contributed by atoms with E-state index in [9.17, 15) is 13.2 Å². The minimum atomic E-state index is -4.41. The fourth-order valence-electron chi connectivity index (χ4n) is 2.44. The number of hydrogen-bond acceptors (Lipinski definition) is 2. The molecule has 1 N–H and O–H groups in total. The van der Waals surface area contributed by atoms with Crippen molar-refractivity contribution in [3.8, 4) is 0 Å². The second-order valence-electron chi connectivity index (χ2n) is 6.14. The van der Waals surface area contributed by atoms with Crippen molar-refractivity contribution in [2.24, 2.45) is 5.41 Å². The molecule has 1 fully saturated rings. The Bertz CT molecular complexity index is 476. The average molecular weight is 307 g/mol. The lowest BCUT2D eigenvalue weighted by atomic mass is 9.75. The molecule has 0 unspecified atom stereocenters. The van der Waals surface area contributed by atoms with Crippen molar-refractivity contribution in [3.63, 3.8) is 0 Å². The Morgan fingerprint density at radius 2 is 1.90 bits per heavy atom. The third-order valence-corrected chi connectivity index (χ3v) is 4.14. The van der Waals surface area contributed by atoms with Gasteiger partial charge >= 0.3 is 6.18 Å². The fraction of sp³-hybridized carbons (Fsp3) is 0.643. The van der Waals surface area contributed by atoms with Gasteiger partial charge in [-0.15, -0.1) is 0 Å². The Balaban J connectivity index is 2.04. The van der Waals surface area contributed by atoms with Crippen LogP contribution in [0.25, 0.3) is 0 Å². The third-order valence-electron chi connectivity index (χ3n) is 3.85. The molecule has 0 aromatic carbocycles. The second kappa shape index (κ2) is 5.43. The van der Waals surface area contributed by atoms with E-state index in [0.717, 1.165) is 37.9 Å². The normalized spacial score (nSPS) is 19.9. The Morgan fingerprint density at radius 3 is 2.40 bits per heavy atom. The SMILES string of the molecule is CC1(C)CCC(Nc2ncc(C(F)(F)F)cc2Cl)CC1. The number of alkyl halides is 3. The number of aromatic nitrogens is 1. The van der Waals surface area contributed by atoms with Crippen molar-refractivity contribution >= 4 is 17.4 Å². The number of nitrogens with zero attached hydrogens (tertiary/aromatic N) is 1. The van der Waals surface area contributed by atoms with Crippen LogP contribution < -0.4 is 5.32 Å². The molecule has 1 aliphatic carbocycles. The van der Waals surface area contributed by atoms with Crippen molar-refractivity contribution in [2.45, 2.75) is 51.7 Å². The number of rotatable bonds is 2. The average Bonchev–Trinajstić information content (AvgIpc) is 2.33. The standard InChI is InChI=1S/C14H18ClF3N2/c1-13(2)5-3-10(4-6-13)20-12-11(15)7-9(8-19-12)14(16,17)18/h7-8,10H,3-6H2,1-2H3,(H,19,20). The molecule has 112 valence electrons. The predicted octanol–water partition coefficient (Wildman–Crippen LogP) is 5.13. The highest BCUT2D eigenvalue weighted by Gasteiger charge is 2.32. The summed E-state index contributed by atoms with van der Waals surface area (Å²) in [5.41, 5.74) is -0.479. The van der Waals surface area contributed by atoms with E-state index in [1.165, 1.54) is 0 Å². The molecule has 0 atom stereocenters. The lowest BCUT2D eigenvalue weighted by molar-refractivity contribution is -0.137. The van der Waals surface area contributed by atoms with Gasteiger partial charge in [0, 0.05) is 12.2 Å². The van der Waals surface area contributed by atoms with Gasteiger partial charge in [0.15, 0.2) is 0 Å². The number of anilines is 1. The van der Waals surface area contributed by atoms with Crippen LogP contribution in [0.1, 0.15) is 45.1 Å². The van der Waals surface area contributed by atoms with Crippen LogP contribution in [-0.4, -0.2) is 11.0 Å². The first-order valence-electron chi connectivity index (χ1n) is 6.67. The van der Waals surface area contributed by atoms with Crippen molar-refractivity contribution in [2.75, 3.05) is 5.32 Å². The topological polar surface area (TPSA) is 24.9 Å². The monoisotopic (exact) mass is 306 g/mol. The van der Waals surface area contributed by atoms with E-state index in [1.54, 1.807) is 0 Å². The van der Waals surface area contributed by atoms with Crippen molar-refractivity contribution in [1.82, 2.24) is 4.98 Å². The van der Waals surface area contributed by atoms with E-state index in [4.69, 9.17) is 11.6 Å². The van der Waals surface area contributed by atoms with Gasteiger partial charge < -0.3 is 5.32 Å². The zero-order valence-corrected chi connectivity index (χ0v) is 12.3. The highest BCUT2D eigenvalue weighted by Crippen LogP contribution is 2.37. The third kappa shape index (κ3) is 3.78. The lowest BCUT2D eigenvalue weighted by Gasteiger charge is -2.34. The van der Waals surface area contributed by atoms with Crippen LogP contribution in [0.5, 0.6) is 0 Å². The second-order valence-corrected chi connectivity index (χ2v) is 6.54. The Hall–Kier alpha value is -0.970. The van der Waals surface area contributed by atoms with E-state index in [1.807, 2.05) is 0 Å². The first kappa shape index (κ1) is 15.4. The predicted molar refractivity (Wildman–Crippen MR) is 73.9 cm³/mol. The molecule has 1 aliphatic rings. The van der Waals surface area contributed by atoms with Crippen LogP contribution in [0.4, 0.5) is 19.0 Å². The summed E-state index contributed by atoms with van der Waals surface area (Å²) in [5.74, 6) is 0.337. The van der Waals surface area contributed by atoms with E-state index in [2.05, 4.69) is 24.1 Å². The van der Waals surface area contributed by atoms with Gasteiger partial charge in [-0.2, -0.15) is 13.2 Å². The van der Waals surface area contributed by atoms with E-state index < -0.39 is 11.7 Å². The quantitative estimate of drug-likeness (QED) is 0.819. The van der Waals surface area contributed by atoms with Crippen LogP contribution in [0.2, 0.25) is 5.02 Å². The number of hydrogen-bond donors (Lipinski definition) is 1. The van der Waals surface area contributed by atoms with Crippen molar-refractivity contribution in [3.05, 3.63) is 22.8 Å². The summed E-state index contributed by atoms with van der Waals surface area (Å²) in [4.78, 5) is 3.81. The van der Waals surface area contributed by atoms with E-state index in [0.29, 0.717) is 11.2 Å². The molecule has 0 radical (unpaired) electrons. The maximum Gasteiger partial charge on any atom is 0.417 e. The zero-order valence-electron chi connectivity index (χ0n) is 11.5. The number of pyridine rings is 1. The van der Waals surface area contributed by atoms with Crippen molar-refractivity contribution < 1.29 is 13.2 Å². The number of nitrogens with one attached hydrogen (secondary N) is 1. The summed E-state index contributed by atoms with van der Waals surface area (Å²) in [6.07, 6.45) is 0.537. The van der Waals surface area contributed by atoms with Gasteiger partial charge in [0.05, 0.1) is 10.6 Å². The van der Waals surface area contributed by atoms with Gasteiger partial charge in [0.1, 0.15) is 5.82 Å². The molecular formula is C14H18ClF3N2. The summed E-state index contributed by atoms with van der Waals surface area (Å²) in [7, 11) is 0. The Morgan fingerprint density at radius 1 is 1.30 bits per heavy atom. The molecule has 0 aliphatic heterocycles. The zero-order chi connectivity index (χ0) is 15.0. The van der Waals surface area contributed by atoms with E-state index >= 15 is 0 Å². The molecule has 0 saturated heterocycles. The molecule has 0 amide bonds. The van der Waals surface area contributed by atoms with Crippen LogP contribution in [-0.2, 0) is 6.18 Å². The van der Waals surface area contributed by atoms with Crippen LogP contribution >= 0.6 is 11.6 Å². The first-order valence-corrected chi connectivity index (χ1v) is 7.04. The summed E-state index contributed by atoms with van der Waals surface area (Å²) < 4.78 is 37.6. The summed E-state index contributed by atoms with van der Waals surface area (Å²) >= 11 is 5.89. The molecular weight excluding hydrogens is 289 g/mol. The lowest BCUT2D eigenvalue weighted by Crippen LogP contribution is -2.30. The summed E-state index contributed by atoms with van der Waals surface area (Å²) in [6.45, 7) is 4.46. The molecule has 1 saturated carbocycles. The minimum absolute atomic E-state index is 0.0182. The van der Waals surface area contributed by atoms with Crippen LogP contribution in [0.15, 0.2) is 12.3 Å². The molecule has 1 aromatic rings. The van der Waals surface area contributed by atoms with Gasteiger partial charge in [-0.1, -0.05) is 25.4 Å². The molecule has 2 nitrogen and oxygen atoms in total. The molecule has 0 spiro atoms. The van der Waals surface area contributed by atoms with E-state index in [-0.39, 0.29) is 11.1 Å². The summed E-state index contributed by atoms with van der Waals surface area (Å²) in [6, 6.07) is 1.15. The molecule has 6 heteroatoms. The smallest absolute Gasteiger partial charge is 0.366 e. The van der Waals surface area contributed by atoms with Gasteiger partial charge in [0.25, 0.3) is 0 Å². The van der Waals surface area contributed by atoms with Gasteiger partial charge in [-0.05, 0) is 37.2 Å². The van der Waals surface area contributed by atoms with Gasteiger partial charge in [-0.3, -0.25) is 0 Å². The van der Waals surface area contributed by atoms with Crippen molar-refractivity contribution in [1.29, 1.82) is 0 Å². The minimum Gasteiger partial charge on any atom is -0.366 e. The van der Waals surface area contributed by atoms with Gasteiger partial charge in [-0.25, -0.2) is 4.98 Å². The first-order chi connectivity index (χ1) is 9.17. The highest BCUT2D eigenvalue weighted by atomic mass is 35.5.